The van der Waals surface area contributed by atoms with Gasteiger partial charge in [-0.2, -0.15) is 4.98 Å². The van der Waals surface area contributed by atoms with Crippen molar-refractivity contribution in [1.29, 1.82) is 0 Å². The van der Waals surface area contributed by atoms with Crippen molar-refractivity contribution in [3.63, 3.8) is 0 Å². The Labute approximate surface area is 140 Å². The molecule has 3 heteroatoms. The third-order valence-corrected chi connectivity index (χ3v) is 3.98. The van der Waals surface area contributed by atoms with E-state index in [0.29, 0.717) is 0 Å². The Morgan fingerprint density at radius 2 is 1.17 bits per heavy atom. The predicted molar refractivity (Wildman–Crippen MR) is 96.1 cm³/mol. The van der Waals surface area contributed by atoms with Crippen molar-refractivity contribution < 1.29 is 5.11 Å². The van der Waals surface area contributed by atoms with E-state index in [1.165, 1.54) is 5.56 Å². The summed E-state index contributed by atoms with van der Waals surface area (Å²) in [5, 5.41) is 9.86. The van der Waals surface area contributed by atoms with Crippen LogP contribution in [0.2, 0.25) is 0 Å². The first-order valence-corrected chi connectivity index (χ1v) is 7.81. The zero-order chi connectivity index (χ0) is 16.4. The van der Waals surface area contributed by atoms with Crippen molar-refractivity contribution in [2.75, 3.05) is 0 Å². The molecule has 0 aliphatic heterocycles. The molecule has 1 heterocycles. The number of nitrogens with zero attached hydrogens (tertiary/aromatic N) is 2. The van der Waals surface area contributed by atoms with Crippen molar-refractivity contribution in [3.8, 4) is 34.1 Å². The highest BCUT2D eigenvalue weighted by molar-refractivity contribution is 5.66. The van der Waals surface area contributed by atoms with Crippen molar-refractivity contribution in [2.45, 2.75) is 0 Å². The molecule has 1 N–H and O–H groups in total. The fraction of sp³-hybridized carbons (Fsp3) is 0. The van der Waals surface area contributed by atoms with Crippen LogP contribution in [0.3, 0.4) is 0 Å². The lowest BCUT2D eigenvalue weighted by atomic mass is 10.1. The maximum atomic E-state index is 9.86. The van der Waals surface area contributed by atoms with Crippen LogP contribution < -0.4 is 0 Å². The Kier molecular flexibility index (Phi) is 3.60. The molecule has 24 heavy (non-hydrogen) atoms. The second kappa shape index (κ2) is 6.05. The summed E-state index contributed by atoms with van der Waals surface area (Å²) in [5.41, 5.74) is 4.26. The Morgan fingerprint density at radius 3 is 1.79 bits per heavy atom. The molecule has 0 fully saturated rings. The molecule has 0 radical (unpaired) electrons. The maximum Gasteiger partial charge on any atom is 0.230 e. The summed E-state index contributed by atoms with van der Waals surface area (Å²) in [4.78, 5) is 4.26. The van der Waals surface area contributed by atoms with Gasteiger partial charge in [0, 0.05) is 11.3 Å². The minimum Gasteiger partial charge on any atom is -0.492 e. The lowest BCUT2D eigenvalue weighted by Gasteiger charge is -2.09. The fourth-order valence-corrected chi connectivity index (χ4v) is 2.80. The van der Waals surface area contributed by atoms with E-state index < -0.39 is 0 Å². The Balaban J connectivity index is 1.75. The van der Waals surface area contributed by atoms with Crippen LogP contribution in [0.15, 0.2) is 91.1 Å². The Hall–Kier alpha value is -3.33. The zero-order valence-electron chi connectivity index (χ0n) is 13.0. The van der Waals surface area contributed by atoms with Crippen molar-refractivity contribution in [1.82, 2.24) is 9.55 Å². The summed E-state index contributed by atoms with van der Waals surface area (Å²) in [6.45, 7) is 0. The van der Waals surface area contributed by atoms with Crippen molar-refractivity contribution >= 4 is 0 Å². The summed E-state index contributed by atoms with van der Waals surface area (Å²) in [5.74, 6) is 0.738. The highest BCUT2D eigenvalue weighted by atomic mass is 16.3. The van der Waals surface area contributed by atoms with E-state index in [4.69, 9.17) is 0 Å². The molecule has 0 amide bonds. The number of aromatic hydroxyl groups is 1. The minimum absolute atomic E-state index is 0.0148. The van der Waals surface area contributed by atoms with Crippen LogP contribution in [-0.2, 0) is 0 Å². The van der Waals surface area contributed by atoms with Crippen LogP contribution in [-0.4, -0.2) is 14.7 Å². The predicted octanol–water partition coefficient (Wildman–Crippen LogP) is 4.91. The van der Waals surface area contributed by atoms with Gasteiger partial charge in [-0.3, -0.25) is 4.57 Å². The van der Waals surface area contributed by atoms with E-state index in [1.807, 2.05) is 65.2 Å². The molecule has 0 unspecified atom stereocenters. The molecule has 3 nitrogen and oxygen atoms in total. The normalized spacial score (nSPS) is 10.7. The second-order valence-electron chi connectivity index (χ2n) is 5.57. The Morgan fingerprint density at radius 1 is 0.625 bits per heavy atom. The number of benzene rings is 3. The standard InChI is InChI=1S/C21H16N2O/c24-20-15-23(21(22-20)18-9-5-2-6-10-18)19-13-11-17(12-14-19)16-7-3-1-4-8-16/h1-15,24H. The smallest absolute Gasteiger partial charge is 0.230 e. The van der Waals surface area contributed by atoms with E-state index in [0.717, 1.165) is 22.6 Å². The molecule has 0 saturated carbocycles. The molecule has 116 valence electrons. The number of rotatable bonds is 3. The van der Waals surface area contributed by atoms with Gasteiger partial charge >= 0.3 is 0 Å². The van der Waals surface area contributed by atoms with Gasteiger partial charge in [0.1, 0.15) is 5.82 Å². The summed E-state index contributed by atoms with van der Waals surface area (Å²) in [6.07, 6.45) is 1.64. The molecule has 4 rings (SSSR count). The molecule has 0 bridgehead atoms. The number of aromatic nitrogens is 2. The molecule has 0 saturated heterocycles. The van der Waals surface area contributed by atoms with Gasteiger partial charge in [-0.05, 0) is 23.3 Å². The topological polar surface area (TPSA) is 38.0 Å². The van der Waals surface area contributed by atoms with Crippen LogP contribution in [0, 0.1) is 0 Å². The van der Waals surface area contributed by atoms with E-state index >= 15 is 0 Å². The second-order valence-corrected chi connectivity index (χ2v) is 5.57. The first-order valence-electron chi connectivity index (χ1n) is 7.81. The molecule has 0 spiro atoms. The highest BCUT2D eigenvalue weighted by Crippen LogP contribution is 2.27. The monoisotopic (exact) mass is 312 g/mol. The minimum atomic E-state index is 0.0148. The summed E-state index contributed by atoms with van der Waals surface area (Å²) < 4.78 is 1.90. The first kappa shape index (κ1) is 14.3. The van der Waals surface area contributed by atoms with Crippen LogP contribution in [0.1, 0.15) is 0 Å². The van der Waals surface area contributed by atoms with Crippen molar-refractivity contribution in [2.24, 2.45) is 0 Å². The fourth-order valence-electron chi connectivity index (χ4n) is 2.80. The summed E-state index contributed by atoms with van der Waals surface area (Å²) >= 11 is 0. The number of hydrogen-bond acceptors (Lipinski definition) is 2. The molecule has 3 aromatic carbocycles. The quantitative estimate of drug-likeness (QED) is 0.583. The molecule has 0 atom stereocenters. The molecule has 1 aromatic heterocycles. The SMILES string of the molecule is Oc1cn(-c2ccc(-c3ccccc3)cc2)c(-c2ccccc2)n1. The van der Waals surface area contributed by atoms with Gasteiger partial charge in [-0.1, -0.05) is 72.8 Å². The molecule has 0 aliphatic carbocycles. The first-order chi connectivity index (χ1) is 11.8. The number of imidazole rings is 1. The van der Waals surface area contributed by atoms with Crippen LogP contribution >= 0.6 is 0 Å². The average Bonchev–Trinajstić information content (AvgIpc) is 3.05. The van der Waals surface area contributed by atoms with E-state index in [-0.39, 0.29) is 5.88 Å². The third-order valence-electron chi connectivity index (χ3n) is 3.98. The van der Waals surface area contributed by atoms with E-state index in [2.05, 4.69) is 29.2 Å². The van der Waals surface area contributed by atoms with Gasteiger partial charge in [-0.15, -0.1) is 0 Å². The zero-order valence-corrected chi connectivity index (χ0v) is 13.0. The van der Waals surface area contributed by atoms with Crippen LogP contribution in [0.4, 0.5) is 0 Å². The van der Waals surface area contributed by atoms with Gasteiger partial charge in [0.25, 0.3) is 0 Å². The van der Waals surface area contributed by atoms with Gasteiger partial charge in [0.05, 0.1) is 6.20 Å². The highest BCUT2D eigenvalue weighted by Gasteiger charge is 2.11. The lowest BCUT2D eigenvalue weighted by molar-refractivity contribution is 0.456. The molecular weight excluding hydrogens is 296 g/mol. The molecule has 0 aliphatic rings. The van der Waals surface area contributed by atoms with Crippen LogP contribution in [0.5, 0.6) is 5.88 Å². The number of hydrogen-bond donors (Lipinski definition) is 1. The average molecular weight is 312 g/mol. The van der Waals surface area contributed by atoms with Crippen LogP contribution in [0.25, 0.3) is 28.2 Å². The maximum absolute atomic E-state index is 9.86. The van der Waals surface area contributed by atoms with Gasteiger partial charge in [0.2, 0.25) is 5.88 Å². The van der Waals surface area contributed by atoms with Gasteiger partial charge in [0.15, 0.2) is 0 Å². The van der Waals surface area contributed by atoms with Gasteiger partial charge in [-0.25, -0.2) is 0 Å². The Bertz CT molecular complexity index is 942. The van der Waals surface area contributed by atoms with Crippen molar-refractivity contribution in [3.05, 3.63) is 91.1 Å². The largest absolute Gasteiger partial charge is 0.492 e. The molecule has 4 aromatic rings. The summed E-state index contributed by atoms with van der Waals surface area (Å²) in [7, 11) is 0. The summed E-state index contributed by atoms with van der Waals surface area (Å²) in [6, 6.07) is 28.3. The van der Waals surface area contributed by atoms with E-state index in [1.54, 1.807) is 6.20 Å². The third kappa shape index (κ3) is 2.68. The lowest BCUT2D eigenvalue weighted by Crippen LogP contribution is -1.96. The van der Waals surface area contributed by atoms with E-state index in [9.17, 15) is 5.11 Å². The molecular formula is C21H16N2O. The van der Waals surface area contributed by atoms with Gasteiger partial charge < -0.3 is 5.11 Å².